The number of carbonyl (C=O) groups excluding carboxylic acids is 1. The van der Waals surface area contributed by atoms with E-state index in [2.05, 4.69) is 5.32 Å². The predicted molar refractivity (Wildman–Crippen MR) is 70.1 cm³/mol. The molecule has 0 spiro atoms. The normalized spacial score (nSPS) is 10.8. The number of phenols is 2. The summed E-state index contributed by atoms with van der Waals surface area (Å²) >= 11 is 0. The Morgan fingerprint density at radius 1 is 1.48 bits per heavy atom. The number of aromatic hydroxyl groups is 2. The maximum atomic E-state index is 11.5. The van der Waals surface area contributed by atoms with E-state index in [1.54, 1.807) is 6.07 Å². The average molecular weight is 293 g/mol. The van der Waals surface area contributed by atoms with Gasteiger partial charge >= 0.3 is 5.69 Å². The Morgan fingerprint density at radius 3 is 2.67 bits per heavy atom. The van der Waals surface area contributed by atoms with Gasteiger partial charge in [-0.15, -0.1) is 0 Å². The van der Waals surface area contributed by atoms with Crippen molar-refractivity contribution in [1.29, 1.82) is 5.26 Å². The highest BCUT2D eigenvalue weighted by atomic mass is 16.6. The zero-order chi connectivity index (χ0) is 16.0. The molecular weight excluding hydrogens is 282 g/mol. The molecule has 1 aromatic rings. The highest BCUT2D eigenvalue weighted by molar-refractivity contribution is 6.01. The van der Waals surface area contributed by atoms with E-state index in [-0.39, 0.29) is 24.3 Å². The minimum absolute atomic E-state index is 0.00676. The van der Waals surface area contributed by atoms with Crippen LogP contribution in [-0.2, 0) is 4.79 Å². The number of hydrogen-bond donors (Lipinski definition) is 4. The molecule has 1 rings (SSSR count). The highest BCUT2D eigenvalue weighted by Crippen LogP contribution is 2.36. The van der Waals surface area contributed by atoms with Gasteiger partial charge in [0.1, 0.15) is 11.6 Å². The van der Waals surface area contributed by atoms with Crippen molar-refractivity contribution in [2.45, 2.75) is 0 Å². The third-order valence-electron chi connectivity index (χ3n) is 2.36. The quantitative estimate of drug-likeness (QED) is 0.196. The number of hydrogen-bond acceptors (Lipinski definition) is 7. The fraction of sp³-hybridized carbons (Fsp3) is 0.167. The summed E-state index contributed by atoms with van der Waals surface area (Å²) in [7, 11) is 0. The molecule has 21 heavy (non-hydrogen) atoms. The van der Waals surface area contributed by atoms with Crippen LogP contribution in [-0.4, -0.2) is 39.3 Å². The molecule has 1 aromatic carbocycles. The Hall–Kier alpha value is -3.12. The number of benzene rings is 1. The fourth-order valence-corrected chi connectivity index (χ4v) is 1.43. The van der Waals surface area contributed by atoms with Gasteiger partial charge in [0, 0.05) is 12.6 Å². The number of carbonyl (C=O) groups is 1. The summed E-state index contributed by atoms with van der Waals surface area (Å²) in [4.78, 5) is 21.3. The molecular formula is C12H11N3O6. The number of amides is 1. The molecule has 0 atom stereocenters. The Bertz CT molecular complexity index is 647. The van der Waals surface area contributed by atoms with E-state index in [1.807, 2.05) is 0 Å². The molecule has 0 saturated carbocycles. The summed E-state index contributed by atoms with van der Waals surface area (Å²) in [6, 6.07) is 3.48. The van der Waals surface area contributed by atoms with Gasteiger partial charge in [0.15, 0.2) is 5.75 Å². The zero-order valence-electron chi connectivity index (χ0n) is 10.6. The lowest BCUT2D eigenvalue weighted by Crippen LogP contribution is -2.27. The van der Waals surface area contributed by atoms with Crippen LogP contribution in [0.2, 0.25) is 0 Å². The molecule has 0 aliphatic heterocycles. The minimum Gasteiger partial charge on any atom is -0.504 e. The van der Waals surface area contributed by atoms with Gasteiger partial charge < -0.3 is 20.6 Å². The number of nitro benzene ring substituents is 1. The van der Waals surface area contributed by atoms with E-state index in [1.165, 1.54) is 0 Å². The van der Waals surface area contributed by atoms with Crippen LogP contribution in [0.5, 0.6) is 11.5 Å². The molecule has 0 radical (unpaired) electrons. The molecule has 0 aliphatic carbocycles. The maximum Gasteiger partial charge on any atom is 0.315 e. The second-order valence-electron chi connectivity index (χ2n) is 3.81. The van der Waals surface area contributed by atoms with E-state index in [9.17, 15) is 25.1 Å². The molecule has 0 fully saturated rings. The number of nitro groups is 1. The van der Waals surface area contributed by atoms with Crippen LogP contribution in [0.25, 0.3) is 6.08 Å². The van der Waals surface area contributed by atoms with Crippen molar-refractivity contribution >= 4 is 17.7 Å². The third-order valence-corrected chi connectivity index (χ3v) is 2.36. The lowest BCUT2D eigenvalue weighted by atomic mass is 10.1. The van der Waals surface area contributed by atoms with Crippen LogP contribution in [0.3, 0.4) is 0 Å². The van der Waals surface area contributed by atoms with E-state index in [4.69, 9.17) is 10.4 Å². The van der Waals surface area contributed by atoms with E-state index < -0.39 is 28.0 Å². The van der Waals surface area contributed by atoms with Crippen LogP contribution in [0.1, 0.15) is 5.56 Å². The second kappa shape index (κ2) is 6.88. The average Bonchev–Trinajstić information content (AvgIpc) is 2.45. The third kappa shape index (κ3) is 3.92. The highest BCUT2D eigenvalue weighted by Gasteiger charge is 2.19. The number of nitrogens with zero attached hydrogens (tertiary/aromatic N) is 2. The molecule has 0 saturated heterocycles. The van der Waals surface area contributed by atoms with Gasteiger partial charge in [0.05, 0.1) is 11.5 Å². The number of aliphatic hydroxyl groups is 1. The number of aliphatic hydroxyl groups excluding tert-OH is 1. The van der Waals surface area contributed by atoms with Gasteiger partial charge in [-0.1, -0.05) is 0 Å². The predicted octanol–water partition coefficient (Wildman–Crippen LogP) is 0.0215. The molecule has 0 aliphatic rings. The van der Waals surface area contributed by atoms with Crippen LogP contribution in [0.4, 0.5) is 5.69 Å². The molecule has 1 amide bonds. The summed E-state index contributed by atoms with van der Waals surface area (Å²) in [5.74, 6) is -2.43. The first kappa shape index (κ1) is 15.9. The van der Waals surface area contributed by atoms with Crippen molar-refractivity contribution in [1.82, 2.24) is 5.32 Å². The summed E-state index contributed by atoms with van der Waals surface area (Å²) in [5, 5.41) is 49.1. The first-order chi connectivity index (χ1) is 9.90. The number of nitriles is 1. The van der Waals surface area contributed by atoms with Crippen LogP contribution < -0.4 is 5.32 Å². The zero-order valence-corrected chi connectivity index (χ0v) is 10.6. The lowest BCUT2D eigenvalue weighted by molar-refractivity contribution is -0.386. The molecule has 0 heterocycles. The van der Waals surface area contributed by atoms with Crippen LogP contribution in [0, 0.1) is 21.4 Å². The number of nitrogens with one attached hydrogen (secondary N) is 1. The van der Waals surface area contributed by atoms with Crippen molar-refractivity contribution < 1.29 is 25.0 Å². The standard InChI is InChI=1S/C12H11N3O6/c13-6-8(12(19)14-1-2-16)3-7-4-9(15(20)21)11(18)10(17)5-7/h3-5,16-18H,1-2H2,(H,14,19)/b8-3+. The molecule has 110 valence electrons. The summed E-state index contributed by atoms with van der Waals surface area (Å²) in [5.41, 5.74) is -1.13. The summed E-state index contributed by atoms with van der Waals surface area (Å²) in [6.45, 7) is -0.366. The maximum absolute atomic E-state index is 11.5. The Morgan fingerprint density at radius 2 is 2.14 bits per heavy atom. The second-order valence-corrected chi connectivity index (χ2v) is 3.81. The Kier molecular flexibility index (Phi) is 5.22. The van der Waals surface area contributed by atoms with E-state index in [0.717, 1.165) is 18.2 Å². The molecule has 4 N–H and O–H groups in total. The minimum atomic E-state index is -0.912. The number of phenolic OH excluding ortho intramolecular Hbond substituents is 2. The lowest BCUT2D eigenvalue weighted by Gasteiger charge is -2.03. The van der Waals surface area contributed by atoms with Crippen LogP contribution >= 0.6 is 0 Å². The van der Waals surface area contributed by atoms with Crippen molar-refractivity contribution in [3.05, 3.63) is 33.4 Å². The SMILES string of the molecule is N#C/C(=C\c1cc(O)c(O)c([N+](=O)[O-])c1)C(=O)NCCO. The smallest absolute Gasteiger partial charge is 0.315 e. The topological polar surface area (TPSA) is 157 Å². The number of rotatable bonds is 5. The van der Waals surface area contributed by atoms with E-state index in [0.29, 0.717) is 0 Å². The van der Waals surface area contributed by atoms with Gasteiger partial charge in [-0.3, -0.25) is 14.9 Å². The summed E-state index contributed by atoms with van der Waals surface area (Å²) in [6.07, 6.45) is 1.01. The summed E-state index contributed by atoms with van der Waals surface area (Å²) < 4.78 is 0. The molecule has 9 nitrogen and oxygen atoms in total. The van der Waals surface area contributed by atoms with Crippen molar-refractivity contribution in [3.63, 3.8) is 0 Å². The van der Waals surface area contributed by atoms with Gasteiger partial charge in [0.25, 0.3) is 5.91 Å². The molecule has 0 aromatic heterocycles. The van der Waals surface area contributed by atoms with E-state index >= 15 is 0 Å². The molecule has 0 unspecified atom stereocenters. The van der Waals surface area contributed by atoms with Gasteiger partial charge in [-0.05, 0) is 17.7 Å². The largest absolute Gasteiger partial charge is 0.504 e. The molecule has 9 heteroatoms. The fourth-order valence-electron chi connectivity index (χ4n) is 1.43. The first-order valence-corrected chi connectivity index (χ1v) is 5.62. The van der Waals surface area contributed by atoms with Crippen molar-refractivity contribution in [2.75, 3.05) is 13.2 Å². The molecule has 0 bridgehead atoms. The Labute approximate surface area is 118 Å². The first-order valence-electron chi connectivity index (χ1n) is 5.62. The monoisotopic (exact) mass is 293 g/mol. The van der Waals surface area contributed by atoms with Gasteiger partial charge in [0.2, 0.25) is 5.75 Å². The van der Waals surface area contributed by atoms with Gasteiger partial charge in [-0.2, -0.15) is 5.26 Å². The Balaban J connectivity index is 3.21. The van der Waals surface area contributed by atoms with Crippen molar-refractivity contribution in [2.24, 2.45) is 0 Å². The van der Waals surface area contributed by atoms with Crippen LogP contribution in [0.15, 0.2) is 17.7 Å². The van der Waals surface area contributed by atoms with Gasteiger partial charge in [-0.25, -0.2) is 0 Å². The van der Waals surface area contributed by atoms with Crippen molar-refractivity contribution in [3.8, 4) is 17.6 Å².